The lowest BCUT2D eigenvalue weighted by atomic mass is 10.0. The minimum atomic E-state index is -0.217. The van der Waals surface area contributed by atoms with Crippen LogP contribution in [-0.4, -0.2) is 20.8 Å². The van der Waals surface area contributed by atoms with Crippen molar-refractivity contribution in [1.82, 2.24) is 9.78 Å². The van der Waals surface area contributed by atoms with Crippen LogP contribution in [0.5, 0.6) is 0 Å². The van der Waals surface area contributed by atoms with E-state index in [1.165, 1.54) is 23.1 Å². The van der Waals surface area contributed by atoms with Crippen molar-refractivity contribution in [3.63, 3.8) is 0 Å². The van der Waals surface area contributed by atoms with Crippen LogP contribution in [0.25, 0.3) is 5.69 Å². The molecule has 0 fully saturated rings. The number of ketones is 1. The van der Waals surface area contributed by atoms with E-state index in [4.69, 9.17) is 12.2 Å². The van der Waals surface area contributed by atoms with Gasteiger partial charge >= 0.3 is 0 Å². The molecule has 3 nitrogen and oxygen atoms in total. The molecule has 0 bridgehead atoms. The van der Waals surface area contributed by atoms with E-state index in [1.807, 2.05) is 69.3 Å². The highest BCUT2D eigenvalue weighted by Crippen LogP contribution is 2.30. The molecule has 128 valence electrons. The smallest absolute Gasteiger partial charge is 0.184 e. The van der Waals surface area contributed by atoms with Gasteiger partial charge in [0, 0.05) is 5.56 Å². The van der Waals surface area contributed by atoms with Gasteiger partial charge in [-0.25, -0.2) is 4.68 Å². The predicted octanol–water partition coefficient (Wildman–Crippen LogP) is 5.64. The van der Waals surface area contributed by atoms with Crippen molar-refractivity contribution in [3.05, 3.63) is 69.2 Å². The zero-order valence-electron chi connectivity index (χ0n) is 14.2. The van der Waals surface area contributed by atoms with Crippen molar-refractivity contribution in [3.8, 4) is 5.69 Å². The average Bonchev–Trinajstić information content (AvgIpc) is 2.97. The summed E-state index contributed by atoms with van der Waals surface area (Å²) >= 11 is 8.32. The van der Waals surface area contributed by atoms with E-state index in [2.05, 4.69) is 5.10 Å². The number of aryl methyl sites for hydroxylation is 2. The number of para-hydroxylation sites is 1. The average molecular weight is 387 g/mol. The van der Waals surface area contributed by atoms with Crippen molar-refractivity contribution >= 4 is 41.1 Å². The molecule has 0 aliphatic carbocycles. The minimum absolute atomic E-state index is 0.124. The van der Waals surface area contributed by atoms with Crippen molar-refractivity contribution < 1.29 is 4.79 Å². The molecule has 0 aliphatic rings. The summed E-state index contributed by atoms with van der Waals surface area (Å²) in [6.45, 7) is 5.89. The fourth-order valence-electron chi connectivity index (χ4n) is 2.47. The molecule has 0 aliphatic heterocycles. The molecule has 3 aromatic rings. The number of carbonyl (C=O) groups excluding carboxylic acids is 1. The lowest BCUT2D eigenvalue weighted by molar-refractivity contribution is 0.0993. The normalized spacial score (nSPS) is 12.1. The quantitative estimate of drug-likeness (QED) is 0.323. The summed E-state index contributed by atoms with van der Waals surface area (Å²) in [6, 6.07) is 15.8. The SMILES string of the molecule is Cc1ccc(C)c(C(=O)C(C)Sc2nn(-c3ccccc3)c(=S)s2)c1. The summed E-state index contributed by atoms with van der Waals surface area (Å²) in [5.74, 6) is 0.124. The summed E-state index contributed by atoms with van der Waals surface area (Å²) in [4.78, 5) is 12.8. The van der Waals surface area contributed by atoms with Gasteiger partial charge in [0.25, 0.3) is 0 Å². The lowest BCUT2D eigenvalue weighted by Gasteiger charge is -2.11. The predicted molar refractivity (Wildman–Crippen MR) is 108 cm³/mol. The van der Waals surface area contributed by atoms with Crippen LogP contribution in [0.4, 0.5) is 0 Å². The zero-order chi connectivity index (χ0) is 18.0. The Morgan fingerprint density at radius 1 is 1.20 bits per heavy atom. The van der Waals surface area contributed by atoms with E-state index in [-0.39, 0.29) is 11.0 Å². The molecule has 1 heterocycles. The van der Waals surface area contributed by atoms with E-state index in [0.717, 1.165) is 26.7 Å². The highest BCUT2D eigenvalue weighted by atomic mass is 32.2. The first-order chi connectivity index (χ1) is 12.0. The van der Waals surface area contributed by atoms with Crippen molar-refractivity contribution in [2.24, 2.45) is 0 Å². The molecule has 0 saturated carbocycles. The van der Waals surface area contributed by atoms with Gasteiger partial charge in [-0.05, 0) is 56.8 Å². The molecule has 3 rings (SSSR count). The second-order valence-electron chi connectivity index (χ2n) is 5.82. The number of thioether (sulfide) groups is 1. The van der Waals surface area contributed by atoms with Crippen LogP contribution < -0.4 is 0 Å². The van der Waals surface area contributed by atoms with Crippen molar-refractivity contribution in [2.45, 2.75) is 30.4 Å². The molecule has 1 atom stereocenters. The minimum Gasteiger partial charge on any atom is -0.293 e. The summed E-state index contributed by atoms with van der Waals surface area (Å²) in [7, 11) is 0. The number of Topliss-reactive ketones (excluding diaryl/α,β-unsaturated/α-hetero) is 1. The van der Waals surface area contributed by atoms with Gasteiger partial charge in [0.15, 0.2) is 14.1 Å². The Morgan fingerprint density at radius 3 is 2.64 bits per heavy atom. The monoisotopic (exact) mass is 386 g/mol. The van der Waals surface area contributed by atoms with Gasteiger partial charge in [-0.15, -0.1) is 5.10 Å². The maximum absolute atomic E-state index is 12.8. The second-order valence-corrected chi connectivity index (χ2v) is 9.03. The molecule has 2 aromatic carbocycles. The van der Waals surface area contributed by atoms with Crippen molar-refractivity contribution in [2.75, 3.05) is 0 Å². The van der Waals surface area contributed by atoms with Gasteiger partial charge in [-0.1, -0.05) is 59.0 Å². The molecule has 0 radical (unpaired) electrons. The Morgan fingerprint density at radius 2 is 1.92 bits per heavy atom. The first kappa shape index (κ1) is 18.0. The number of carbonyl (C=O) groups is 1. The van der Waals surface area contributed by atoms with Crippen LogP contribution in [0.2, 0.25) is 0 Å². The second kappa shape index (κ2) is 7.64. The standard InChI is InChI=1S/C19H18N2OS3/c1-12-9-10-13(2)16(11-12)17(22)14(3)24-18-20-21(19(23)25-18)15-7-5-4-6-8-15/h4-11,14H,1-3H3. The number of rotatable bonds is 5. The Kier molecular flexibility index (Phi) is 5.51. The van der Waals surface area contributed by atoms with Crippen LogP contribution in [0.3, 0.4) is 0 Å². The summed E-state index contributed by atoms with van der Waals surface area (Å²) in [5.41, 5.74) is 3.82. The number of hydrogen-bond donors (Lipinski definition) is 0. The maximum Gasteiger partial charge on any atom is 0.184 e. The van der Waals surface area contributed by atoms with E-state index in [9.17, 15) is 4.79 Å². The lowest BCUT2D eigenvalue weighted by Crippen LogP contribution is -2.15. The molecule has 6 heteroatoms. The molecular formula is C19H18N2OS3. The maximum atomic E-state index is 12.8. The molecule has 0 spiro atoms. The third-order valence-electron chi connectivity index (χ3n) is 3.84. The van der Waals surface area contributed by atoms with Gasteiger partial charge in [-0.3, -0.25) is 4.79 Å². The molecular weight excluding hydrogens is 368 g/mol. The molecule has 0 N–H and O–H groups in total. The Balaban J connectivity index is 1.82. The van der Waals surface area contributed by atoms with Gasteiger partial charge in [-0.2, -0.15) is 0 Å². The number of hydrogen-bond acceptors (Lipinski definition) is 5. The number of benzene rings is 2. The first-order valence-corrected chi connectivity index (χ1v) is 10.00. The van der Waals surface area contributed by atoms with Crippen LogP contribution in [0.15, 0.2) is 52.9 Å². The Hall–Kier alpha value is -1.76. The highest BCUT2D eigenvalue weighted by Gasteiger charge is 2.20. The molecule has 1 unspecified atom stereocenters. The summed E-state index contributed by atoms with van der Waals surface area (Å²) in [6.07, 6.45) is 0. The third kappa shape index (κ3) is 4.08. The van der Waals surface area contributed by atoms with Crippen LogP contribution in [0.1, 0.15) is 28.4 Å². The Labute approximate surface area is 160 Å². The van der Waals surface area contributed by atoms with Crippen LogP contribution in [0, 0.1) is 17.8 Å². The zero-order valence-corrected chi connectivity index (χ0v) is 16.7. The van der Waals surface area contributed by atoms with Gasteiger partial charge in [0.2, 0.25) is 0 Å². The van der Waals surface area contributed by atoms with E-state index in [0.29, 0.717) is 3.95 Å². The van der Waals surface area contributed by atoms with Crippen LogP contribution in [-0.2, 0) is 0 Å². The van der Waals surface area contributed by atoms with Crippen LogP contribution >= 0.6 is 35.3 Å². The van der Waals surface area contributed by atoms with E-state index >= 15 is 0 Å². The summed E-state index contributed by atoms with van der Waals surface area (Å²) < 4.78 is 3.23. The summed E-state index contributed by atoms with van der Waals surface area (Å²) in [5, 5.41) is 4.36. The largest absolute Gasteiger partial charge is 0.293 e. The van der Waals surface area contributed by atoms with Crippen molar-refractivity contribution in [1.29, 1.82) is 0 Å². The highest BCUT2D eigenvalue weighted by molar-refractivity contribution is 8.02. The molecule has 0 saturated heterocycles. The van der Waals surface area contributed by atoms with Gasteiger partial charge < -0.3 is 0 Å². The molecule has 1 aromatic heterocycles. The first-order valence-electron chi connectivity index (χ1n) is 7.89. The topological polar surface area (TPSA) is 34.9 Å². The van der Waals surface area contributed by atoms with E-state index in [1.54, 1.807) is 4.68 Å². The Bertz CT molecular complexity index is 960. The van der Waals surface area contributed by atoms with Gasteiger partial charge in [0.05, 0.1) is 10.9 Å². The fraction of sp³-hybridized carbons (Fsp3) is 0.211. The third-order valence-corrected chi connectivity index (χ3v) is 6.25. The van der Waals surface area contributed by atoms with E-state index < -0.39 is 0 Å². The number of aromatic nitrogens is 2. The molecule has 25 heavy (non-hydrogen) atoms. The fourth-order valence-corrected chi connectivity index (χ4v) is 5.04. The molecule has 0 amide bonds. The van der Waals surface area contributed by atoms with Gasteiger partial charge in [0.1, 0.15) is 0 Å². The number of nitrogens with zero attached hydrogens (tertiary/aromatic N) is 2.